The van der Waals surface area contributed by atoms with Gasteiger partial charge in [0, 0.05) is 18.8 Å². The molecular formula is C19H28O9. The number of fused-ring (bicyclic) bond motifs is 3. The summed E-state index contributed by atoms with van der Waals surface area (Å²) in [6.07, 6.45) is -5.59. The molecule has 1 saturated carbocycles. The third-order valence-corrected chi connectivity index (χ3v) is 6.47. The number of esters is 2. The van der Waals surface area contributed by atoms with Gasteiger partial charge in [0.2, 0.25) is 0 Å². The average Bonchev–Trinajstić information content (AvgIpc) is 2.88. The van der Waals surface area contributed by atoms with E-state index in [0.29, 0.717) is 6.42 Å². The average molecular weight is 400 g/mol. The Bertz CT molecular complexity index is 725. The predicted molar refractivity (Wildman–Crippen MR) is 93.7 cm³/mol. The van der Waals surface area contributed by atoms with E-state index in [1.807, 2.05) is 0 Å². The molecule has 0 aromatic rings. The smallest absolute Gasteiger partial charge is 0.341 e. The van der Waals surface area contributed by atoms with Crippen LogP contribution in [0.4, 0.5) is 0 Å². The Balaban J connectivity index is 2.20. The Labute approximate surface area is 162 Å². The molecule has 28 heavy (non-hydrogen) atoms. The van der Waals surface area contributed by atoms with Crippen LogP contribution in [0.1, 0.15) is 47.0 Å². The Hall–Kier alpha value is -1.52. The van der Waals surface area contributed by atoms with Crippen molar-refractivity contribution in [3.63, 3.8) is 0 Å². The summed E-state index contributed by atoms with van der Waals surface area (Å²) >= 11 is 0. The van der Waals surface area contributed by atoms with Crippen LogP contribution in [0.2, 0.25) is 0 Å². The lowest BCUT2D eigenvalue weighted by Crippen LogP contribution is -2.64. The fourth-order valence-corrected chi connectivity index (χ4v) is 4.84. The summed E-state index contributed by atoms with van der Waals surface area (Å²) in [4.78, 5) is 24.5. The van der Waals surface area contributed by atoms with E-state index in [0.717, 1.165) is 6.92 Å². The molecule has 9 heteroatoms. The molecule has 1 saturated heterocycles. The molecule has 0 aromatic heterocycles. The molecule has 8 atom stereocenters. The molecule has 0 radical (unpaired) electrons. The Morgan fingerprint density at radius 3 is 2.43 bits per heavy atom. The monoisotopic (exact) mass is 400 g/mol. The maximum atomic E-state index is 12.4. The van der Waals surface area contributed by atoms with Crippen LogP contribution in [0.5, 0.6) is 0 Å². The van der Waals surface area contributed by atoms with Gasteiger partial charge in [-0.3, -0.25) is 4.79 Å². The van der Waals surface area contributed by atoms with Gasteiger partial charge in [-0.2, -0.15) is 0 Å². The van der Waals surface area contributed by atoms with Crippen molar-refractivity contribution in [3.8, 4) is 0 Å². The number of rotatable bonds is 3. The van der Waals surface area contributed by atoms with Crippen molar-refractivity contribution >= 4 is 11.9 Å². The van der Waals surface area contributed by atoms with Crippen LogP contribution in [-0.2, 0) is 19.1 Å². The summed E-state index contributed by atoms with van der Waals surface area (Å²) in [6.45, 7) is 5.69. The SMILES string of the molecule is CCCC(=O)O[C@H]1C[C@](C)(O)[C@@H]2C(=C(C)[C@H](O)[C@H]2O)[C@@H]2OC(=O)[C@@](C)(O)[C@@]12O. The van der Waals surface area contributed by atoms with E-state index in [9.17, 15) is 35.1 Å². The summed E-state index contributed by atoms with van der Waals surface area (Å²) in [5, 5.41) is 54.3. The first-order valence-corrected chi connectivity index (χ1v) is 9.45. The van der Waals surface area contributed by atoms with Crippen molar-refractivity contribution in [2.75, 3.05) is 0 Å². The maximum absolute atomic E-state index is 12.4. The van der Waals surface area contributed by atoms with Crippen molar-refractivity contribution in [1.82, 2.24) is 0 Å². The fraction of sp³-hybridized carbons (Fsp3) is 0.789. The van der Waals surface area contributed by atoms with Crippen LogP contribution in [-0.4, -0.2) is 78.7 Å². The lowest BCUT2D eigenvalue weighted by molar-refractivity contribution is -0.208. The van der Waals surface area contributed by atoms with Crippen molar-refractivity contribution in [2.24, 2.45) is 5.92 Å². The third-order valence-electron chi connectivity index (χ3n) is 6.47. The van der Waals surface area contributed by atoms with E-state index in [4.69, 9.17) is 9.47 Å². The molecule has 9 nitrogen and oxygen atoms in total. The number of carbonyl (C=O) groups is 2. The molecule has 3 rings (SSSR count). The van der Waals surface area contributed by atoms with Crippen LogP contribution in [0.3, 0.4) is 0 Å². The lowest BCUT2D eigenvalue weighted by Gasteiger charge is -2.40. The zero-order valence-corrected chi connectivity index (χ0v) is 16.4. The van der Waals surface area contributed by atoms with E-state index < -0.39 is 59.1 Å². The van der Waals surface area contributed by atoms with E-state index in [2.05, 4.69) is 0 Å². The normalized spacial score (nSPS) is 48.0. The lowest BCUT2D eigenvalue weighted by atomic mass is 9.75. The second-order valence-electron chi connectivity index (χ2n) is 8.52. The van der Waals surface area contributed by atoms with Gasteiger partial charge in [0.25, 0.3) is 0 Å². The quantitative estimate of drug-likeness (QED) is 0.294. The molecule has 0 amide bonds. The van der Waals surface area contributed by atoms with E-state index in [1.165, 1.54) is 13.8 Å². The van der Waals surface area contributed by atoms with Crippen molar-refractivity contribution in [2.45, 2.75) is 88.2 Å². The minimum Gasteiger partial charge on any atom is -0.459 e. The molecule has 158 valence electrons. The molecule has 0 bridgehead atoms. The molecule has 0 unspecified atom stereocenters. The minimum absolute atomic E-state index is 0.0445. The molecular weight excluding hydrogens is 372 g/mol. The number of hydrogen-bond donors (Lipinski definition) is 5. The first kappa shape index (κ1) is 21.2. The Morgan fingerprint density at radius 2 is 1.86 bits per heavy atom. The Kier molecular flexibility index (Phi) is 4.92. The predicted octanol–water partition coefficient (Wildman–Crippen LogP) is -1.07. The molecule has 2 aliphatic carbocycles. The molecule has 5 N–H and O–H groups in total. The molecule has 1 heterocycles. The number of aliphatic hydroxyl groups is 5. The van der Waals surface area contributed by atoms with Gasteiger partial charge in [-0.1, -0.05) is 6.92 Å². The highest BCUT2D eigenvalue weighted by atomic mass is 16.6. The van der Waals surface area contributed by atoms with Crippen molar-refractivity contribution in [3.05, 3.63) is 11.1 Å². The first-order valence-electron chi connectivity index (χ1n) is 9.45. The minimum atomic E-state index is -2.44. The maximum Gasteiger partial charge on any atom is 0.341 e. The van der Waals surface area contributed by atoms with Crippen LogP contribution in [0, 0.1) is 5.92 Å². The van der Waals surface area contributed by atoms with Gasteiger partial charge in [-0.15, -0.1) is 0 Å². The van der Waals surface area contributed by atoms with Gasteiger partial charge < -0.3 is 35.0 Å². The number of carbonyl (C=O) groups excluding carboxylic acids is 2. The van der Waals surface area contributed by atoms with Gasteiger partial charge in [-0.25, -0.2) is 4.79 Å². The van der Waals surface area contributed by atoms with Gasteiger partial charge in [0.1, 0.15) is 12.2 Å². The summed E-state index contributed by atoms with van der Waals surface area (Å²) in [6, 6.07) is 0. The molecule has 0 aromatic carbocycles. The Morgan fingerprint density at radius 1 is 1.25 bits per heavy atom. The third kappa shape index (κ3) is 2.64. The molecule has 0 spiro atoms. The second kappa shape index (κ2) is 6.50. The molecule has 3 aliphatic rings. The van der Waals surface area contributed by atoms with Crippen LogP contribution >= 0.6 is 0 Å². The van der Waals surface area contributed by atoms with Crippen LogP contribution < -0.4 is 0 Å². The van der Waals surface area contributed by atoms with Crippen molar-refractivity contribution < 1.29 is 44.6 Å². The van der Waals surface area contributed by atoms with Gasteiger partial charge in [0.15, 0.2) is 17.3 Å². The van der Waals surface area contributed by atoms with Crippen LogP contribution in [0.25, 0.3) is 0 Å². The van der Waals surface area contributed by atoms with Crippen LogP contribution in [0.15, 0.2) is 11.1 Å². The van der Waals surface area contributed by atoms with E-state index in [1.54, 1.807) is 6.92 Å². The molecule has 2 fully saturated rings. The second-order valence-corrected chi connectivity index (χ2v) is 8.52. The molecule has 1 aliphatic heterocycles. The summed E-state index contributed by atoms with van der Waals surface area (Å²) in [5.74, 6) is -2.87. The highest BCUT2D eigenvalue weighted by molar-refractivity contribution is 5.85. The summed E-state index contributed by atoms with van der Waals surface area (Å²) in [7, 11) is 0. The number of hydrogen-bond acceptors (Lipinski definition) is 9. The largest absolute Gasteiger partial charge is 0.459 e. The zero-order valence-electron chi connectivity index (χ0n) is 16.4. The zero-order chi connectivity index (χ0) is 21.2. The summed E-state index contributed by atoms with van der Waals surface area (Å²) < 4.78 is 10.7. The highest BCUT2D eigenvalue weighted by Crippen LogP contribution is 2.55. The standard InChI is InChI=1S/C19H28O9/c1-5-6-10(20)27-9-7-17(3,24)12-11(8(2)13(21)14(12)22)15-19(9,26)18(4,25)16(23)28-15/h9,12-15,21-22,24-26H,5-7H2,1-4H3/t9-,12+,13-,14-,15-,17-,18+,19+/m0/s1. The number of ether oxygens (including phenoxy) is 2. The van der Waals surface area contributed by atoms with E-state index in [-0.39, 0.29) is 24.0 Å². The van der Waals surface area contributed by atoms with E-state index >= 15 is 0 Å². The highest BCUT2D eigenvalue weighted by Gasteiger charge is 2.74. The van der Waals surface area contributed by atoms with Gasteiger partial charge >= 0.3 is 11.9 Å². The van der Waals surface area contributed by atoms with Gasteiger partial charge in [-0.05, 0) is 38.3 Å². The topological polar surface area (TPSA) is 154 Å². The fourth-order valence-electron chi connectivity index (χ4n) is 4.84. The van der Waals surface area contributed by atoms with Crippen molar-refractivity contribution in [1.29, 1.82) is 0 Å². The van der Waals surface area contributed by atoms with Gasteiger partial charge in [0.05, 0.1) is 11.7 Å². The first-order chi connectivity index (χ1) is 12.8. The number of aliphatic hydroxyl groups excluding tert-OH is 2. The summed E-state index contributed by atoms with van der Waals surface area (Å²) in [5.41, 5.74) is -6.22.